The molecule has 1 unspecified atom stereocenters. The van der Waals surface area contributed by atoms with Crippen LogP contribution in [0.25, 0.3) is 0 Å². The average Bonchev–Trinajstić information content (AvgIpc) is 2.82. The van der Waals surface area contributed by atoms with Crippen LogP contribution in [0.5, 0.6) is 5.75 Å². The summed E-state index contributed by atoms with van der Waals surface area (Å²) >= 11 is 1.75. The Labute approximate surface area is 112 Å². The Morgan fingerprint density at radius 3 is 2.89 bits per heavy atom. The number of hydrogen-bond acceptors (Lipinski definition) is 4. The third-order valence-corrected chi connectivity index (χ3v) is 3.95. The molecule has 0 bridgehead atoms. The largest absolute Gasteiger partial charge is 0.495 e. The summed E-state index contributed by atoms with van der Waals surface area (Å²) in [5.74, 6) is 0.830. The zero-order valence-corrected chi connectivity index (χ0v) is 11.8. The summed E-state index contributed by atoms with van der Waals surface area (Å²) in [7, 11) is 1.69. The molecule has 0 saturated carbocycles. The Balaban J connectivity index is 2.45. The molecular formula is C14H18N2OS. The highest BCUT2D eigenvalue weighted by atomic mass is 32.1. The molecule has 0 aliphatic heterocycles. The zero-order chi connectivity index (χ0) is 13.0. The van der Waals surface area contributed by atoms with Crippen LogP contribution in [0.15, 0.2) is 29.8 Å². The smallest absolute Gasteiger partial charge is 0.142 e. The number of ether oxygens (including phenoxy) is 1. The summed E-state index contributed by atoms with van der Waals surface area (Å²) in [6.07, 6.45) is 1.81. The number of aryl methyl sites for hydroxylation is 1. The molecule has 0 aliphatic rings. The molecule has 2 aromatic rings. The van der Waals surface area contributed by atoms with Crippen LogP contribution in [-0.2, 0) is 0 Å². The van der Waals surface area contributed by atoms with Gasteiger partial charge in [-0.15, -0.1) is 11.3 Å². The van der Waals surface area contributed by atoms with Gasteiger partial charge < -0.3 is 10.1 Å². The Hall–Kier alpha value is -1.39. The van der Waals surface area contributed by atoms with E-state index in [4.69, 9.17) is 4.74 Å². The topological polar surface area (TPSA) is 34.2 Å². The van der Waals surface area contributed by atoms with Gasteiger partial charge in [-0.05, 0) is 42.6 Å². The maximum atomic E-state index is 5.41. The second kappa shape index (κ2) is 5.98. The van der Waals surface area contributed by atoms with Crippen molar-refractivity contribution in [2.45, 2.75) is 19.9 Å². The molecule has 0 aromatic carbocycles. The minimum Gasteiger partial charge on any atom is -0.495 e. The minimum absolute atomic E-state index is 0.103. The van der Waals surface area contributed by atoms with E-state index >= 15 is 0 Å². The first-order chi connectivity index (χ1) is 8.77. The van der Waals surface area contributed by atoms with E-state index in [1.165, 1.54) is 10.4 Å². The van der Waals surface area contributed by atoms with Crippen molar-refractivity contribution < 1.29 is 4.74 Å². The van der Waals surface area contributed by atoms with Crippen LogP contribution >= 0.6 is 11.3 Å². The lowest BCUT2D eigenvalue weighted by atomic mass is 10.1. The van der Waals surface area contributed by atoms with E-state index in [1.807, 2.05) is 18.3 Å². The van der Waals surface area contributed by atoms with Crippen LogP contribution in [0.3, 0.4) is 0 Å². The zero-order valence-electron chi connectivity index (χ0n) is 10.9. The first-order valence-corrected chi connectivity index (χ1v) is 6.92. The molecule has 96 valence electrons. The third-order valence-electron chi connectivity index (χ3n) is 2.87. The van der Waals surface area contributed by atoms with Crippen molar-refractivity contribution in [3.63, 3.8) is 0 Å². The SMILES string of the molecule is CCNC(c1ncccc1OC)c1sccc1C. The van der Waals surface area contributed by atoms with Gasteiger partial charge in [-0.1, -0.05) is 6.92 Å². The maximum absolute atomic E-state index is 5.41. The molecule has 1 N–H and O–H groups in total. The first kappa shape index (κ1) is 13.1. The van der Waals surface area contributed by atoms with E-state index in [9.17, 15) is 0 Å². The van der Waals surface area contributed by atoms with Gasteiger partial charge in [0.25, 0.3) is 0 Å². The number of hydrogen-bond donors (Lipinski definition) is 1. The molecule has 0 amide bonds. The van der Waals surface area contributed by atoms with Crippen molar-refractivity contribution in [3.8, 4) is 5.75 Å². The summed E-state index contributed by atoms with van der Waals surface area (Å²) in [4.78, 5) is 5.78. The van der Waals surface area contributed by atoms with Gasteiger partial charge in [-0.2, -0.15) is 0 Å². The molecule has 0 fully saturated rings. The van der Waals surface area contributed by atoms with Gasteiger partial charge in [-0.3, -0.25) is 4.98 Å². The number of aromatic nitrogens is 1. The summed E-state index contributed by atoms with van der Waals surface area (Å²) in [5, 5.41) is 5.60. The maximum Gasteiger partial charge on any atom is 0.142 e. The molecule has 0 spiro atoms. The molecular weight excluding hydrogens is 244 g/mol. The fraction of sp³-hybridized carbons (Fsp3) is 0.357. The summed E-state index contributed by atoms with van der Waals surface area (Å²) < 4.78 is 5.41. The third kappa shape index (κ3) is 2.54. The average molecular weight is 262 g/mol. The van der Waals surface area contributed by atoms with Crippen molar-refractivity contribution in [2.24, 2.45) is 0 Å². The van der Waals surface area contributed by atoms with Crippen molar-refractivity contribution >= 4 is 11.3 Å². The lowest BCUT2D eigenvalue weighted by Gasteiger charge is -2.19. The van der Waals surface area contributed by atoms with Gasteiger partial charge in [0, 0.05) is 11.1 Å². The number of thiophene rings is 1. The van der Waals surface area contributed by atoms with Crippen LogP contribution in [0, 0.1) is 6.92 Å². The second-order valence-corrected chi connectivity index (χ2v) is 5.00. The fourth-order valence-corrected chi connectivity index (χ4v) is 2.99. The number of pyridine rings is 1. The minimum atomic E-state index is 0.103. The van der Waals surface area contributed by atoms with Crippen LogP contribution in [-0.4, -0.2) is 18.6 Å². The molecule has 0 aliphatic carbocycles. The van der Waals surface area contributed by atoms with Crippen molar-refractivity contribution in [2.75, 3.05) is 13.7 Å². The van der Waals surface area contributed by atoms with E-state index in [0.717, 1.165) is 18.0 Å². The van der Waals surface area contributed by atoms with Gasteiger partial charge in [0.15, 0.2) is 0 Å². The molecule has 1 atom stereocenters. The predicted octanol–water partition coefficient (Wildman–Crippen LogP) is 3.16. The first-order valence-electron chi connectivity index (χ1n) is 6.04. The van der Waals surface area contributed by atoms with Gasteiger partial charge in [-0.25, -0.2) is 0 Å². The second-order valence-electron chi connectivity index (χ2n) is 4.05. The Morgan fingerprint density at radius 2 is 2.28 bits per heavy atom. The lowest BCUT2D eigenvalue weighted by molar-refractivity contribution is 0.401. The molecule has 2 rings (SSSR count). The normalized spacial score (nSPS) is 12.4. The van der Waals surface area contributed by atoms with E-state index in [-0.39, 0.29) is 6.04 Å². The van der Waals surface area contributed by atoms with Crippen LogP contribution in [0.1, 0.15) is 29.1 Å². The van der Waals surface area contributed by atoms with Crippen LogP contribution in [0.4, 0.5) is 0 Å². The summed E-state index contributed by atoms with van der Waals surface area (Å²) in [6.45, 7) is 5.12. The number of rotatable bonds is 5. The van der Waals surface area contributed by atoms with Gasteiger partial charge >= 0.3 is 0 Å². The quantitative estimate of drug-likeness (QED) is 0.898. The van der Waals surface area contributed by atoms with Crippen molar-refractivity contribution in [1.82, 2.24) is 10.3 Å². The highest BCUT2D eigenvalue weighted by Gasteiger charge is 2.21. The highest BCUT2D eigenvalue weighted by molar-refractivity contribution is 7.10. The predicted molar refractivity (Wildman–Crippen MR) is 75.4 cm³/mol. The van der Waals surface area contributed by atoms with Gasteiger partial charge in [0.2, 0.25) is 0 Å². The summed E-state index contributed by atoms with van der Waals surface area (Å²) in [5.41, 5.74) is 2.24. The molecule has 2 aromatic heterocycles. The number of nitrogens with zero attached hydrogens (tertiary/aromatic N) is 1. The van der Waals surface area contributed by atoms with Gasteiger partial charge in [0.05, 0.1) is 13.2 Å². The Kier molecular flexibility index (Phi) is 4.33. The number of methoxy groups -OCH3 is 1. The molecule has 2 heterocycles. The molecule has 4 heteroatoms. The van der Waals surface area contributed by atoms with E-state index in [2.05, 4.69) is 35.6 Å². The number of nitrogens with one attached hydrogen (secondary N) is 1. The van der Waals surface area contributed by atoms with Crippen molar-refractivity contribution in [3.05, 3.63) is 45.9 Å². The van der Waals surface area contributed by atoms with Crippen molar-refractivity contribution in [1.29, 1.82) is 0 Å². The van der Waals surface area contributed by atoms with E-state index in [1.54, 1.807) is 18.4 Å². The van der Waals surface area contributed by atoms with E-state index in [0.29, 0.717) is 0 Å². The standard InChI is InChI=1S/C14H18N2OS/c1-4-15-13(14-10(2)7-9-18-14)12-11(17-3)6-5-8-16-12/h5-9,13,15H,4H2,1-3H3. The summed E-state index contributed by atoms with van der Waals surface area (Å²) in [6, 6.07) is 6.09. The molecule has 0 radical (unpaired) electrons. The Morgan fingerprint density at radius 1 is 1.44 bits per heavy atom. The van der Waals surface area contributed by atoms with Gasteiger partial charge in [0.1, 0.15) is 11.4 Å². The fourth-order valence-electron chi connectivity index (χ4n) is 1.99. The molecule has 0 saturated heterocycles. The monoisotopic (exact) mass is 262 g/mol. The molecule has 18 heavy (non-hydrogen) atoms. The molecule has 3 nitrogen and oxygen atoms in total. The Bertz CT molecular complexity index is 510. The lowest BCUT2D eigenvalue weighted by Crippen LogP contribution is -2.23. The van der Waals surface area contributed by atoms with Crippen LogP contribution < -0.4 is 10.1 Å². The van der Waals surface area contributed by atoms with E-state index < -0.39 is 0 Å². The highest BCUT2D eigenvalue weighted by Crippen LogP contribution is 2.32. The van der Waals surface area contributed by atoms with Crippen LogP contribution in [0.2, 0.25) is 0 Å².